The molecule has 23 heavy (non-hydrogen) atoms. The van der Waals surface area contributed by atoms with Crippen molar-refractivity contribution < 1.29 is 23.8 Å². The van der Waals surface area contributed by atoms with E-state index in [-0.39, 0.29) is 24.8 Å². The van der Waals surface area contributed by atoms with Crippen LogP contribution in [0.3, 0.4) is 0 Å². The molecule has 6 nitrogen and oxygen atoms in total. The number of carbonyl (C=O) groups excluding carboxylic acids is 2. The lowest BCUT2D eigenvalue weighted by atomic mass is 10.00. The highest BCUT2D eigenvalue weighted by atomic mass is 16.5. The van der Waals surface area contributed by atoms with Gasteiger partial charge in [-0.2, -0.15) is 0 Å². The lowest BCUT2D eigenvalue weighted by Crippen LogP contribution is -2.37. The van der Waals surface area contributed by atoms with Crippen LogP contribution in [0.25, 0.3) is 0 Å². The second kappa shape index (κ2) is 8.14. The maximum absolute atomic E-state index is 12.1. The van der Waals surface area contributed by atoms with Crippen LogP contribution >= 0.6 is 0 Å². The van der Waals surface area contributed by atoms with E-state index in [0.717, 1.165) is 0 Å². The minimum atomic E-state index is -1.19. The monoisotopic (exact) mass is 317 g/mol. The molecule has 1 heterocycles. The Morgan fingerprint density at radius 1 is 1.22 bits per heavy atom. The van der Waals surface area contributed by atoms with Gasteiger partial charge in [-0.1, -0.05) is 18.2 Å². The number of rotatable bonds is 7. The number of benzene rings is 1. The van der Waals surface area contributed by atoms with Crippen LogP contribution in [0.4, 0.5) is 0 Å². The van der Waals surface area contributed by atoms with Gasteiger partial charge in [0.15, 0.2) is 0 Å². The SMILES string of the molecule is CCOC(=O)[C@H](CNC(=O)c1ccccc1)[C@H](O)c1ccco1. The Bertz CT molecular complexity index is 624. The molecule has 0 aliphatic rings. The Hall–Kier alpha value is -2.60. The first-order valence-corrected chi connectivity index (χ1v) is 7.34. The predicted molar refractivity (Wildman–Crippen MR) is 82.6 cm³/mol. The van der Waals surface area contributed by atoms with Gasteiger partial charge in [0.1, 0.15) is 17.8 Å². The van der Waals surface area contributed by atoms with Crippen molar-refractivity contribution in [1.82, 2.24) is 5.32 Å². The maximum atomic E-state index is 12.1. The summed E-state index contributed by atoms with van der Waals surface area (Å²) in [6.45, 7) is 1.80. The van der Waals surface area contributed by atoms with Crippen molar-refractivity contribution in [2.24, 2.45) is 5.92 Å². The van der Waals surface area contributed by atoms with Crippen molar-refractivity contribution in [2.45, 2.75) is 13.0 Å². The summed E-state index contributed by atoms with van der Waals surface area (Å²) < 4.78 is 10.1. The Labute approximate surface area is 134 Å². The second-order valence-electron chi connectivity index (χ2n) is 4.89. The van der Waals surface area contributed by atoms with Crippen molar-refractivity contribution >= 4 is 11.9 Å². The van der Waals surface area contributed by atoms with E-state index in [4.69, 9.17) is 9.15 Å². The molecule has 0 unspecified atom stereocenters. The number of aliphatic hydroxyl groups is 1. The summed E-state index contributed by atoms with van der Waals surface area (Å²) in [6.07, 6.45) is 0.212. The highest BCUT2D eigenvalue weighted by Gasteiger charge is 2.31. The first-order valence-electron chi connectivity index (χ1n) is 7.34. The molecule has 1 aromatic heterocycles. The van der Waals surface area contributed by atoms with E-state index in [0.29, 0.717) is 5.56 Å². The summed E-state index contributed by atoms with van der Waals surface area (Å²) in [4.78, 5) is 24.1. The summed E-state index contributed by atoms with van der Waals surface area (Å²) in [5, 5.41) is 12.9. The standard InChI is InChI=1S/C17H19NO5/c1-2-22-17(21)13(15(19)14-9-6-10-23-14)11-18-16(20)12-7-4-3-5-8-12/h3-10,13,15,19H,2,11H2,1H3,(H,18,20)/t13-,15+/m1/s1. The van der Waals surface area contributed by atoms with Crippen LogP contribution in [0.15, 0.2) is 53.1 Å². The summed E-state index contributed by atoms with van der Waals surface area (Å²) in [5.41, 5.74) is 0.475. The van der Waals surface area contributed by atoms with Gasteiger partial charge in [-0.15, -0.1) is 0 Å². The van der Waals surface area contributed by atoms with Gasteiger partial charge in [0.25, 0.3) is 5.91 Å². The Morgan fingerprint density at radius 2 is 1.96 bits per heavy atom. The third-order valence-corrected chi connectivity index (χ3v) is 3.32. The van der Waals surface area contributed by atoms with Crippen LogP contribution in [0.2, 0.25) is 0 Å². The smallest absolute Gasteiger partial charge is 0.313 e. The van der Waals surface area contributed by atoms with E-state index in [9.17, 15) is 14.7 Å². The average Bonchev–Trinajstić information content (AvgIpc) is 3.10. The molecule has 2 atom stereocenters. The molecule has 2 N–H and O–H groups in total. The van der Waals surface area contributed by atoms with Gasteiger partial charge in [0.2, 0.25) is 0 Å². The molecule has 0 fully saturated rings. The van der Waals surface area contributed by atoms with E-state index >= 15 is 0 Å². The molecule has 1 amide bonds. The Balaban J connectivity index is 2.05. The van der Waals surface area contributed by atoms with Crippen LogP contribution in [0.1, 0.15) is 29.1 Å². The van der Waals surface area contributed by atoms with Gasteiger partial charge in [-0.05, 0) is 31.2 Å². The van der Waals surface area contributed by atoms with E-state index in [1.807, 2.05) is 0 Å². The molecule has 6 heteroatoms. The molecule has 2 aromatic rings. The molecule has 0 radical (unpaired) electrons. The normalized spacial score (nSPS) is 13.1. The van der Waals surface area contributed by atoms with E-state index < -0.39 is 18.0 Å². The number of hydrogen-bond acceptors (Lipinski definition) is 5. The number of amides is 1. The predicted octanol–water partition coefficient (Wildman–Crippen LogP) is 1.92. The van der Waals surface area contributed by atoms with Crippen LogP contribution < -0.4 is 5.32 Å². The van der Waals surface area contributed by atoms with E-state index in [1.165, 1.54) is 6.26 Å². The van der Waals surface area contributed by atoms with Crippen molar-refractivity contribution in [1.29, 1.82) is 0 Å². The summed E-state index contributed by atoms with van der Waals surface area (Å²) >= 11 is 0. The van der Waals surface area contributed by atoms with Crippen molar-refractivity contribution in [3.05, 3.63) is 60.1 Å². The molecule has 0 bridgehead atoms. The lowest BCUT2D eigenvalue weighted by molar-refractivity contribution is -0.152. The third-order valence-electron chi connectivity index (χ3n) is 3.32. The first-order chi connectivity index (χ1) is 11.1. The molecule has 0 aliphatic carbocycles. The van der Waals surface area contributed by atoms with Crippen LogP contribution in [0.5, 0.6) is 0 Å². The van der Waals surface area contributed by atoms with E-state index in [1.54, 1.807) is 49.4 Å². The minimum Gasteiger partial charge on any atom is -0.467 e. The second-order valence-corrected chi connectivity index (χ2v) is 4.89. The largest absolute Gasteiger partial charge is 0.467 e. The van der Waals surface area contributed by atoms with Gasteiger partial charge in [0, 0.05) is 12.1 Å². The summed E-state index contributed by atoms with van der Waals surface area (Å²) in [7, 11) is 0. The molecule has 0 saturated carbocycles. The molecule has 1 aromatic carbocycles. The summed E-state index contributed by atoms with van der Waals surface area (Å²) in [6, 6.07) is 11.8. The minimum absolute atomic E-state index is 0.0611. The number of ether oxygens (including phenoxy) is 1. The fourth-order valence-electron chi connectivity index (χ4n) is 2.13. The average molecular weight is 317 g/mol. The number of hydrogen-bond donors (Lipinski definition) is 2. The first kappa shape index (κ1) is 16.8. The third kappa shape index (κ3) is 4.43. The number of carbonyl (C=O) groups is 2. The van der Waals surface area contributed by atoms with Crippen molar-refractivity contribution in [2.75, 3.05) is 13.2 Å². The lowest BCUT2D eigenvalue weighted by Gasteiger charge is -2.20. The van der Waals surface area contributed by atoms with Gasteiger partial charge in [-0.25, -0.2) is 0 Å². The van der Waals surface area contributed by atoms with Gasteiger partial charge >= 0.3 is 5.97 Å². The van der Waals surface area contributed by atoms with Crippen LogP contribution in [-0.4, -0.2) is 30.1 Å². The van der Waals surface area contributed by atoms with Crippen molar-refractivity contribution in [3.63, 3.8) is 0 Å². The molecular weight excluding hydrogens is 298 g/mol. The maximum Gasteiger partial charge on any atom is 0.313 e. The quantitative estimate of drug-likeness (QED) is 0.762. The fourth-order valence-corrected chi connectivity index (χ4v) is 2.13. The van der Waals surface area contributed by atoms with E-state index in [2.05, 4.69) is 5.32 Å². The number of esters is 1. The summed E-state index contributed by atoms with van der Waals surface area (Å²) in [5.74, 6) is -1.62. The fraction of sp³-hybridized carbons (Fsp3) is 0.294. The number of furan rings is 1. The molecule has 0 spiro atoms. The number of nitrogens with one attached hydrogen (secondary N) is 1. The highest BCUT2D eigenvalue weighted by Crippen LogP contribution is 2.23. The molecule has 2 rings (SSSR count). The highest BCUT2D eigenvalue weighted by molar-refractivity contribution is 5.94. The Kier molecular flexibility index (Phi) is 5.94. The van der Waals surface area contributed by atoms with Crippen LogP contribution in [-0.2, 0) is 9.53 Å². The molecular formula is C17H19NO5. The number of aliphatic hydroxyl groups excluding tert-OH is 1. The van der Waals surface area contributed by atoms with Gasteiger partial charge in [-0.3, -0.25) is 9.59 Å². The zero-order valence-corrected chi connectivity index (χ0v) is 12.8. The molecule has 122 valence electrons. The zero-order chi connectivity index (χ0) is 16.7. The van der Waals surface area contributed by atoms with Gasteiger partial charge in [0.05, 0.1) is 12.9 Å². The zero-order valence-electron chi connectivity index (χ0n) is 12.8. The van der Waals surface area contributed by atoms with Crippen LogP contribution in [0, 0.1) is 5.92 Å². The molecule has 0 saturated heterocycles. The van der Waals surface area contributed by atoms with Crippen molar-refractivity contribution in [3.8, 4) is 0 Å². The topological polar surface area (TPSA) is 88.8 Å². The van der Waals surface area contributed by atoms with Gasteiger partial charge < -0.3 is 19.6 Å². The molecule has 0 aliphatic heterocycles. The Morgan fingerprint density at radius 3 is 2.57 bits per heavy atom.